The maximum Gasteiger partial charge on any atom is 0.338 e. The normalized spacial score (nSPS) is 18.3. The number of halogens is 1. The minimum absolute atomic E-state index is 0.183. The Bertz CT molecular complexity index is 895. The zero-order valence-corrected chi connectivity index (χ0v) is 16.0. The molecule has 1 aromatic carbocycles. The van der Waals surface area contributed by atoms with Crippen LogP contribution in [-0.4, -0.2) is 61.6 Å². The molecule has 0 atom stereocenters. The van der Waals surface area contributed by atoms with Gasteiger partial charge in [-0.05, 0) is 37.5 Å². The number of imide groups is 1. The fraction of sp³-hybridized carbons (Fsp3) is 0.500. The number of rotatable bonds is 5. The number of amides is 2. The first-order chi connectivity index (χ1) is 13.3. The van der Waals surface area contributed by atoms with Crippen molar-refractivity contribution in [3.8, 4) is 0 Å². The summed E-state index contributed by atoms with van der Waals surface area (Å²) in [6.07, 6.45) is 3.14. The van der Waals surface area contributed by atoms with E-state index in [0.29, 0.717) is 32.4 Å². The van der Waals surface area contributed by atoms with Gasteiger partial charge in [-0.2, -0.15) is 4.31 Å². The van der Waals surface area contributed by atoms with Gasteiger partial charge in [-0.15, -0.1) is 0 Å². The predicted molar refractivity (Wildman–Crippen MR) is 95.2 cm³/mol. The second kappa shape index (κ2) is 8.36. The van der Waals surface area contributed by atoms with Gasteiger partial charge in [-0.3, -0.25) is 14.5 Å². The third-order valence-electron chi connectivity index (χ3n) is 4.80. The quantitative estimate of drug-likeness (QED) is 0.676. The number of likely N-dealkylation sites (tertiary alicyclic amines) is 1. The van der Waals surface area contributed by atoms with E-state index in [1.165, 1.54) is 4.31 Å². The number of hydrogen-bond acceptors (Lipinski definition) is 6. The van der Waals surface area contributed by atoms with Crippen molar-refractivity contribution in [2.45, 2.75) is 37.0 Å². The molecule has 0 spiro atoms. The molecule has 1 aromatic rings. The van der Waals surface area contributed by atoms with Crippen molar-refractivity contribution < 1.29 is 31.9 Å². The number of esters is 1. The van der Waals surface area contributed by atoms with Gasteiger partial charge in [0, 0.05) is 26.1 Å². The molecule has 0 N–H and O–H groups in total. The molecule has 2 aliphatic rings. The van der Waals surface area contributed by atoms with E-state index in [2.05, 4.69) is 0 Å². The molecule has 0 aromatic heterocycles. The summed E-state index contributed by atoms with van der Waals surface area (Å²) in [5.41, 5.74) is -0.183. The molecule has 0 bridgehead atoms. The summed E-state index contributed by atoms with van der Waals surface area (Å²) in [7, 11) is -4.07. The second-order valence-corrected chi connectivity index (χ2v) is 8.64. The summed E-state index contributed by atoms with van der Waals surface area (Å²) < 4.78 is 45.7. The van der Waals surface area contributed by atoms with E-state index in [1.54, 1.807) is 0 Å². The van der Waals surface area contributed by atoms with Crippen molar-refractivity contribution in [2.75, 3.05) is 26.2 Å². The van der Waals surface area contributed by atoms with Crippen LogP contribution in [0.15, 0.2) is 23.1 Å². The molecule has 0 saturated carbocycles. The molecule has 0 radical (unpaired) electrons. The van der Waals surface area contributed by atoms with Crippen LogP contribution in [0.2, 0.25) is 0 Å². The number of benzene rings is 1. The SMILES string of the molecule is O=C(OCC(=O)N1CCCC1=O)c1ccc(F)c(S(=O)(=O)N2CCCCC2)c1. The number of hydrogen-bond donors (Lipinski definition) is 0. The van der Waals surface area contributed by atoms with Crippen molar-refractivity contribution in [1.29, 1.82) is 0 Å². The van der Waals surface area contributed by atoms with Crippen molar-refractivity contribution >= 4 is 27.8 Å². The molecule has 28 heavy (non-hydrogen) atoms. The van der Waals surface area contributed by atoms with Crippen LogP contribution < -0.4 is 0 Å². The highest BCUT2D eigenvalue weighted by Gasteiger charge is 2.30. The Labute approximate surface area is 162 Å². The Morgan fingerprint density at radius 1 is 1.07 bits per heavy atom. The largest absolute Gasteiger partial charge is 0.452 e. The number of nitrogens with zero attached hydrogens (tertiary/aromatic N) is 2. The third kappa shape index (κ3) is 4.22. The molecule has 2 aliphatic heterocycles. The summed E-state index contributed by atoms with van der Waals surface area (Å²) in [5.74, 6) is -2.88. The molecule has 3 rings (SSSR count). The first kappa shape index (κ1) is 20.4. The zero-order valence-electron chi connectivity index (χ0n) is 15.2. The van der Waals surface area contributed by atoms with Crippen molar-refractivity contribution in [3.63, 3.8) is 0 Å². The lowest BCUT2D eigenvalue weighted by Crippen LogP contribution is -2.36. The highest BCUT2D eigenvalue weighted by atomic mass is 32.2. The van der Waals surface area contributed by atoms with Gasteiger partial charge in [0.2, 0.25) is 15.9 Å². The second-order valence-electron chi connectivity index (χ2n) is 6.73. The Hall–Kier alpha value is -2.33. The van der Waals surface area contributed by atoms with Gasteiger partial charge < -0.3 is 4.74 Å². The smallest absolute Gasteiger partial charge is 0.338 e. The average molecular weight is 412 g/mol. The van der Waals surface area contributed by atoms with Crippen LogP contribution in [0.5, 0.6) is 0 Å². The topological polar surface area (TPSA) is 101 Å². The van der Waals surface area contributed by atoms with Crippen LogP contribution in [0.4, 0.5) is 4.39 Å². The first-order valence-corrected chi connectivity index (χ1v) is 10.5. The molecular formula is C18H21FN2O6S. The van der Waals surface area contributed by atoms with Gasteiger partial charge in [0.15, 0.2) is 6.61 Å². The Morgan fingerprint density at radius 2 is 1.79 bits per heavy atom. The van der Waals surface area contributed by atoms with E-state index >= 15 is 0 Å². The average Bonchev–Trinajstić information content (AvgIpc) is 3.12. The molecule has 2 fully saturated rings. The molecule has 0 unspecified atom stereocenters. The lowest BCUT2D eigenvalue weighted by atomic mass is 10.2. The summed E-state index contributed by atoms with van der Waals surface area (Å²) in [6.45, 7) is 0.240. The van der Waals surface area contributed by atoms with E-state index in [0.717, 1.165) is 29.5 Å². The van der Waals surface area contributed by atoms with Crippen LogP contribution in [-0.2, 0) is 24.3 Å². The summed E-state index contributed by atoms with van der Waals surface area (Å²) in [6, 6.07) is 2.91. The number of carbonyl (C=O) groups excluding carboxylic acids is 3. The van der Waals surface area contributed by atoms with Gasteiger partial charge in [0.05, 0.1) is 5.56 Å². The Balaban J connectivity index is 1.72. The van der Waals surface area contributed by atoms with E-state index in [-0.39, 0.29) is 24.4 Å². The van der Waals surface area contributed by atoms with Crippen molar-refractivity contribution in [1.82, 2.24) is 9.21 Å². The number of sulfonamides is 1. The van der Waals surface area contributed by atoms with Gasteiger partial charge in [-0.25, -0.2) is 17.6 Å². The number of carbonyl (C=O) groups is 3. The van der Waals surface area contributed by atoms with Crippen molar-refractivity contribution in [3.05, 3.63) is 29.6 Å². The fourth-order valence-corrected chi connectivity index (χ4v) is 4.88. The van der Waals surface area contributed by atoms with Gasteiger partial charge in [0.1, 0.15) is 10.7 Å². The lowest BCUT2D eigenvalue weighted by Gasteiger charge is -2.26. The number of ether oxygens (including phenoxy) is 1. The Kier molecular flexibility index (Phi) is 6.09. The van der Waals surface area contributed by atoms with Crippen LogP contribution in [0.3, 0.4) is 0 Å². The molecule has 8 nitrogen and oxygen atoms in total. The van der Waals surface area contributed by atoms with E-state index in [4.69, 9.17) is 4.74 Å². The van der Waals surface area contributed by atoms with Gasteiger partial charge >= 0.3 is 5.97 Å². The monoisotopic (exact) mass is 412 g/mol. The molecule has 2 heterocycles. The lowest BCUT2D eigenvalue weighted by molar-refractivity contribution is -0.143. The summed E-state index contributed by atoms with van der Waals surface area (Å²) in [5, 5.41) is 0. The first-order valence-electron chi connectivity index (χ1n) is 9.11. The minimum Gasteiger partial charge on any atom is -0.452 e. The molecule has 10 heteroatoms. The van der Waals surface area contributed by atoms with Crippen LogP contribution in [0, 0.1) is 5.82 Å². The fourth-order valence-electron chi connectivity index (χ4n) is 3.27. The van der Waals surface area contributed by atoms with E-state index < -0.39 is 39.2 Å². The minimum atomic E-state index is -4.07. The molecular weight excluding hydrogens is 391 g/mol. The number of piperidine rings is 1. The molecule has 152 valence electrons. The van der Waals surface area contributed by atoms with Crippen molar-refractivity contribution in [2.24, 2.45) is 0 Å². The van der Waals surface area contributed by atoms with E-state index in [9.17, 15) is 27.2 Å². The van der Waals surface area contributed by atoms with Gasteiger partial charge in [0.25, 0.3) is 5.91 Å². The molecule has 2 amide bonds. The maximum atomic E-state index is 14.2. The van der Waals surface area contributed by atoms with E-state index in [1.807, 2.05) is 0 Å². The molecule has 0 aliphatic carbocycles. The predicted octanol–water partition coefficient (Wildman–Crippen LogP) is 1.31. The summed E-state index contributed by atoms with van der Waals surface area (Å²) in [4.78, 5) is 36.1. The van der Waals surface area contributed by atoms with Crippen LogP contribution >= 0.6 is 0 Å². The third-order valence-corrected chi connectivity index (χ3v) is 6.71. The highest BCUT2D eigenvalue weighted by Crippen LogP contribution is 2.24. The van der Waals surface area contributed by atoms with Crippen LogP contribution in [0.1, 0.15) is 42.5 Å². The zero-order chi connectivity index (χ0) is 20.3. The molecule has 2 saturated heterocycles. The highest BCUT2D eigenvalue weighted by molar-refractivity contribution is 7.89. The van der Waals surface area contributed by atoms with Gasteiger partial charge in [-0.1, -0.05) is 6.42 Å². The Morgan fingerprint density at radius 3 is 2.43 bits per heavy atom. The summed E-state index contributed by atoms with van der Waals surface area (Å²) >= 11 is 0. The standard InChI is InChI=1S/C18H21FN2O6S/c19-14-7-6-13(11-15(14)28(25,26)20-8-2-1-3-9-20)18(24)27-12-17(23)21-10-4-5-16(21)22/h6-7,11H,1-5,8-10,12H2. The van der Waals surface area contributed by atoms with Crippen LogP contribution in [0.25, 0.3) is 0 Å². The maximum absolute atomic E-state index is 14.2.